The number of nitriles is 1. The van der Waals surface area contributed by atoms with Crippen LogP contribution in [0.3, 0.4) is 0 Å². The van der Waals surface area contributed by atoms with Crippen LogP contribution in [0.1, 0.15) is 11.1 Å². The first kappa shape index (κ1) is 15.3. The molecule has 0 unspecified atom stereocenters. The van der Waals surface area contributed by atoms with E-state index < -0.39 is 9.84 Å². The van der Waals surface area contributed by atoms with E-state index in [1.807, 2.05) is 6.07 Å². The van der Waals surface area contributed by atoms with E-state index in [1.54, 1.807) is 54.6 Å². The van der Waals surface area contributed by atoms with Gasteiger partial charge in [0.2, 0.25) is 0 Å². The Balaban J connectivity index is 2.31. The molecule has 2 aromatic carbocycles. The molecule has 21 heavy (non-hydrogen) atoms. The van der Waals surface area contributed by atoms with Gasteiger partial charge in [-0.3, -0.25) is 0 Å². The van der Waals surface area contributed by atoms with E-state index in [0.29, 0.717) is 16.1 Å². The Morgan fingerprint density at radius 3 is 2.29 bits per heavy atom. The van der Waals surface area contributed by atoms with E-state index in [1.165, 1.54) is 6.08 Å². The molecule has 106 valence electrons. The number of halogens is 1. The van der Waals surface area contributed by atoms with Gasteiger partial charge in [-0.2, -0.15) is 5.26 Å². The van der Waals surface area contributed by atoms with Gasteiger partial charge < -0.3 is 0 Å². The fraction of sp³-hybridized carbons (Fsp3) is 0.0625. The van der Waals surface area contributed by atoms with E-state index in [9.17, 15) is 8.42 Å². The lowest BCUT2D eigenvalue weighted by Gasteiger charge is -2.04. The molecule has 5 heteroatoms. The van der Waals surface area contributed by atoms with Crippen molar-refractivity contribution in [3.63, 3.8) is 0 Å². The van der Waals surface area contributed by atoms with Crippen molar-refractivity contribution < 1.29 is 8.42 Å². The summed E-state index contributed by atoms with van der Waals surface area (Å²) in [5.74, 6) is -0.226. The van der Waals surface area contributed by atoms with Gasteiger partial charge in [-0.25, -0.2) is 8.42 Å². The van der Waals surface area contributed by atoms with E-state index in [2.05, 4.69) is 0 Å². The fourth-order valence-corrected chi connectivity index (χ4v) is 3.14. The molecule has 0 aliphatic rings. The number of hydrogen-bond acceptors (Lipinski definition) is 3. The summed E-state index contributed by atoms with van der Waals surface area (Å²) in [6, 6.07) is 17.2. The third-order valence-corrected chi connectivity index (χ3v) is 4.66. The van der Waals surface area contributed by atoms with Crippen LogP contribution in [0.15, 0.2) is 59.5 Å². The summed E-state index contributed by atoms with van der Waals surface area (Å²) < 4.78 is 24.6. The second-order valence-electron chi connectivity index (χ2n) is 4.42. The van der Waals surface area contributed by atoms with Crippen LogP contribution in [-0.4, -0.2) is 8.42 Å². The normalized spacial score (nSPS) is 11.9. The Morgan fingerprint density at radius 2 is 1.71 bits per heavy atom. The molecule has 0 atom stereocenters. The molecule has 2 aromatic rings. The van der Waals surface area contributed by atoms with E-state index in [0.717, 1.165) is 0 Å². The van der Waals surface area contributed by atoms with Gasteiger partial charge in [-0.15, -0.1) is 0 Å². The summed E-state index contributed by atoms with van der Waals surface area (Å²) in [6.07, 6.45) is 1.38. The van der Waals surface area contributed by atoms with E-state index in [4.69, 9.17) is 16.9 Å². The van der Waals surface area contributed by atoms with Crippen LogP contribution in [0.5, 0.6) is 0 Å². The molecule has 0 aromatic heterocycles. The van der Waals surface area contributed by atoms with Crippen LogP contribution in [0.4, 0.5) is 0 Å². The van der Waals surface area contributed by atoms with Crippen molar-refractivity contribution in [1.82, 2.24) is 0 Å². The van der Waals surface area contributed by atoms with Gasteiger partial charge in [-0.1, -0.05) is 54.1 Å². The second-order valence-corrected chi connectivity index (χ2v) is 6.81. The topological polar surface area (TPSA) is 57.9 Å². The Morgan fingerprint density at radius 1 is 1.10 bits per heavy atom. The predicted molar refractivity (Wildman–Crippen MR) is 84.1 cm³/mol. The smallest absolute Gasteiger partial charge is 0.192 e. The molecule has 0 N–H and O–H groups in total. The summed E-state index contributed by atoms with van der Waals surface area (Å²) >= 11 is 5.77. The Labute approximate surface area is 129 Å². The maximum atomic E-state index is 12.3. The summed E-state index contributed by atoms with van der Waals surface area (Å²) in [5.41, 5.74) is 1.27. The molecule has 0 aliphatic carbocycles. The van der Waals surface area contributed by atoms with Crippen molar-refractivity contribution in [2.75, 3.05) is 0 Å². The van der Waals surface area contributed by atoms with Gasteiger partial charge in [-0.05, 0) is 29.3 Å². The van der Waals surface area contributed by atoms with Gasteiger partial charge in [0.05, 0.1) is 5.75 Å². The lowest BCUT2D eigenvalue weighted by atomic mass is 10.2. The SMILES string of the molecule is N#C/C(=C\c1ccccc1)S(=O)(=O)Cc1ccc(Cl)cc1. The summed E-state index contributed by atoms with van der Waals surface area (Å²) in [5, 5.41) is 9.66. The number of benzene rings is 2. The lowest BCUT2D eigenvalue weighted by Crippen LogP contribution is -2.06. The minimum absolute atomic E-state index is 0.226. The molecule has 3 nitrogen and oxygen atoms in total. The van der Waals surface area contributed by atoms with Gasteiger partial charge >= 0.3 is 0 Å². The Bertz CT molecular complexity index is 788. The minimum Gasteiger partial charge on any atom is -0.223 e. The average molecular weight is 318 g/mol. The molecule has 0 bridgehead atoms. The zero-order valence-electron chi connectivity index (χ0n) is 11.0. The predicted octanol–water partition coefficient (Wildman–Crippen LogP) is 3.82. The number of hydrogen-bond donors (Lipinski definition) is 0. The van der Waals surface area contributed by atoms with Gasteiger partial charge in [0.1, 0.15) is 11.0 Å². The molecule has 0 saturated heterocycles. The number of nitrogens with zero attached hydrogens (tertiary/aromatic N) is 1. The minimum atomic E-state index is -3.68. The monoisotopic (exact) mass is 317 g/mol. The summed E-state index contributed by atoms with van der Waals surface area (Å²) in [6.45, 7) is 0. The highest BCUT2D eigenvalue weighted by Crippen LogP contribution is 2.18. The van der Waals surface area contributed by atoms with Crippen LogP contribution >= 0.6 is 11.6 Å². The van der Waals surface area contributed by atoms with Crippen LogP contribution < -0.4 is 0 Å². The molecule has 0 saturated carbocycles. The first-order chi connectivity index (χ1) is 10.0. The van der Waals surface area contributed by atoms with Crippen molar-refractivity contribution in [3.8, 4) is 6.07 Å². The van der Waals surface area contributed by atoms with E-state index in [-0.39, 0.29) is 10.7 Å². The molecule has 0 fully saturated rings. The fourth-order valence-electron chi connectivity index (χ4n) is 1.77. The molecule has 0 aliphatic heterocycles. The average Bonchev–Trinajstić information content (AvgIpc) is 2.48. The zero-order chi connectivity index (χ0) is 15.3. The largest absolute Gasteiger partial charge is 0.223 e. The first-order valence-electron chi connectivity index (χ1n) is 6.15. The number of sulfone groups is 1. The highest BCUT2D eigenvalue weighted by atomic mass is 35.5. The van der Waals surface area contributed by atoms with Crippen molar-refractivity contribution in [2.24, 2.45) is 0 Å². The molecule has 2 rings (SSSR count). The zero-order valence-corrected chi connectivity index (χ0v) is 12.6. The molecule has 0 amide bonds. The lowest BCUT2D eigenvalue weighted by molar-refractivity contribution is 0.602. The standard InChI is InChI=1S/C16H12ClNO2S/c17-15-8-6-14(7-9-15)12-21(19,20)16(11-18)10-13-4-2-1-3-5-13/h1-10H,12H2/b16-10+. The molecular formula is C16H12ClNO2S. The number of allylic oxidation sites excluding steroid dienone is 1. The third-order valence-electron chi connectivity index (χ3n) is 2.81. The summed E-state index contributed by atoms with van der Waals surface area (Å²) in [4.78, 5) is -0.247. The molecule has 0 heterocycles. The van der Waals surface area contributed by atoms with Gasteiger partial charge in [0.15, 0.2) is 9.84 Å². The Kier molecular flexibility index (Phi) is 4.79. The highest BCUT2D eigenvalue weighted by Gasteiger charge is 2.18. The first-order valence-corrected chi connectivity index (χ1v) is 8.18. The second kappa shape index (κ2) is 6.57. The molecular weight excluding hydrogens is 306 g/mol. The quantitative estimate of drug-likeness (QED) is 0.805. The molecule has 0 spiro atoms. The van der Waals surface area contributed by atoms with Gasteiger partial charge in [0, 0.05) is 5.02 Å². The van der Waals surface area contributed by atoms with Crippen molar-refractivity contribution in [2.45, 2.75) is 5.75 Å². The van der Waals surface area contributed by atoms with Crippen molar-refractivity contribution in [3.05, 3.63) is 75.7 Å². The van der Waals surface area contributed by atoms with Crippen LogP contribution in [0, 0.1) is 11.3 Å². The maximum Gasteiger partial charge on any atom is 0.192 e. The third kappa shape index (κ3) is 4.19. The molecule has 0 radical (unpaired) electrons. The van der Waals surface area contributed by atoms with Crippen LogP contribution in [0.25, 0.3) is 6.08 Å². The van der Waals surface area contributed by atoms with E-state index >= 15 is 0 Å². The van der Waals surface area contributed by atoms with Crippen molar-refractivity contribution >= 4 is 27.5 Å². The number of rotatable bonds is 4. The maximum absolute atomic E-state index is 12.3. The Hall–Kier alpha value is -2.09. The van der Waals surface area contributed by atoms with Crippen LogP contribution in [-0.2, 0) is 15.6 Å². The van der Waals surface area contributed by atoms with Crippen molar-refractivity contribution in [1.29, 1.82) is 5.26 Å². The highest BCUT2D eigenvalue weighted by molar-refractivity contribution is 7.95. The van der Waals surface area contributed by atoms with Crippen LogP contribution in [0.2, 0.25) is 5.02 Å². The van der Waals surface area contributed by atoms with Gasteiger partial charge in [0.25, 0.3) is 0 Å². The summed E-state index contributed by atoms with van der Waals surface area (Å²) in [7, 11) is -3.68.